The number of hydrogen-bond acceptors (Lipinski definition) is 1. The monoisotopic (exact) mass is 100 g/mol. The van der Waals surface area contributed by atoms with Crippen molar-refractivity contribution in [2.45, 2.75) is 20.3 Å². The van der Waals surface area contributed by atoms with E-state index in [-0.39, 0.29) is 0 Å². The molecule has 0 aliphatic carbocycles. The summed E-state index contributed by atoms with van der Waals surface area (Å²) in [5.74, 6) is 0. The molecule has 0 amide bonds. The molecule has 42 valence electrons. The summed E-state index contributed by atoms with van der Waals surface area (Å²) in [5.41, 5.74) is 0. The van der Waals surface area contributed by atoms with Crippen molar-refractivity contribution in [2.75, 3.05) is 13.2 Å². The van der Waals surface area contributed by atoms with Gasteiger partial charge in [-0.05, 0) is 6.42 Å². The van der Waals surface area contributed by atoms with Crippen molar-refractivity contribution in [3.63, 3.8) is 0 Å². The van der Waals surface area contributed by atoms with E-state index in [1.165, 1.54) is 0 Å². The van der Waals surface area contributed by atoms with Gasteiger partial charge in [-0.15, -0.1) is 0 Å². The van der Waals surface area contributed by atoms with Crippen LogP contribution >= 0.6 is 0 Å². The zero-order valence-corrected chi connectivity index (χ0v) is 5.03. The van der Waals surface area contributed by atoms with Crippen LogP contribution in [-0.4, -0.2) is 13.2 Å². The van der Waals surface area contributed by atoms with Crippen LogP contribution in [-0.2, 0) is 4.74 Å². The minimum Gasteiger partial charge on any atom is -0.381 e. The van der Waals surface area contributed by atoms with Crippen molar-refractivity contribution in [3.05, 3.63) is 6.42 Å². The van der Waals surface area contributed by atoms with Gasteiger partial charge < -0.3 is 4.74 Å². The molecule has 1 heteroatoms. The van der Waals surface area contributed by atoms with Crippen molar-refractivity contribution in [1.29, 1.82) is 0 Å². The van der Waals surface area contributed by atoms with E-state index < -0.39 is 0 Å². The minimum absolute atomic E-state index is 0.674. The molecule has 0 aromatic heterocycles. The number of hydrogen-bond donors (Lipinski definition) is 0. The van der Waals surface area contributed by atoms with Gasteiger partial charge in [0.15, 0.2) is 0 Å². The molecule has 0 saturated carbocycles. The standard InChI is InChI=1S/C6H12O/c1-3-5-7-6-4-2/h3,5-6H2,1-2H3. The maximum atomic E-state index is 5.02. The molecular weight excluding hydrogens is 88.1 g/mol. The van der Waals surface area contributed by atoms with Crippen molar-refractivity contribution in [1.82, 2.24) is 0 Å². The molecule has 0 spiro atoms. The third-order valence-electron chi connectivity index (χ3n) is 0.595. The summed E-state index contributed by atoms with van der Waals surface area (Å²) in [7, 11) is 0. The van der Waals surface area contributed by atoms with Crippen LogP contribution in [0.3, 0.4) is 0 Å². The van der Waals surface area contributed by atoms with Gasteiger partial charge in [0.2, 0.25) is 0 Å². The quantitative estimate of drug-likeness (QED) is 0.486. The topological polar surface area (TPSA) is 9.23 Å². The van der Waals surface area contributed by atoms with Crippen LogP contribution in [0.5, 0.6) is 0 Å². The first-order valence-electron chi connectivity index (χ1n) is 2.64. The summed E-state index contributed by atoms with van der Waals surface area (Å²) in [6, 6.07) is 0. The van der Waals surface area contributed by atoms with Gasteiger partial charge in [0.05, 0.1) is 6.61 Å². The van der Waals surface area contributed by atoms with Crippen LogP contribution in [0.4, 0.5) is 0 Å². The van der Waals surface area contributed by atoms with E-state index in [1.54, 1.807) is 0 Å². The van der Waals surface area contributed by atoms with Crippen LogP contribution in [0, 0.1) is 6.42 Å². The Kier molecular flexibility index (Phi) is 5.93. The van der Waals surface area contributed by atoms with Gasteiger partial charge >= 0.3 is 0 Å². The minimum atomic E-state index is 0.674. The summed E-state index contributed by atoms with van der Waals surface area (Å²) in [4.78, 5) is 0. The highest BCUT2D eigenvalue weighted by atomic mass is 16.5. The number of rotatable bonds is 4. The van der Waals surface area contributed by atoms with Gasteiger partial charge in [-0.3, -0.25) is 0 Å². The average molecular weight is 100 g/mol. The van der Waals surface area contributed by atoms with Gasteiger partial charge in [0.25, 0.3) is 0 Å². The normalized spacial score (nSPS) is 9.43. The molecule has 0 heterocycles. The van der Waals surface area contributed by atoms with Crippen LogP contribution in [0.1, 0.15) is 20.3 Å². The SMILES string of the molecule is C[C]COCCC. The second-order valence-electron chi connectivity index (χ2n) is 1.41. The Morgan fingerprint density at radius 2 is 2.29 bits per heavy atom. The molecule has 0 N–H and O–H groups in total. The third kappa shape index (κ3) is 5.96. The van der Waals surface area contributed by atoms with Crippen molar-refractivity contribution >= 4 is 0 Å². The molecular formula is C6H12O. The molecule has 0 aromatic carbocycles. The van der Waals surface area contributed by atoms with Crippen LogP contribution in [0.15, 0.2) is 0 Å². The first kappa shape index (κ1) is 6.96. The zero-order chi connectivity index (χ0) is 5.54. The van der Waals surface area contributed by atoms with Crippen molar-refractivity contribution < 1.29 is 4.74 Å². The molecule has 0 fully saturated rings. The molecule has 0 atom stereocenters. The largest absolute Gasteiger partial charge is 0.381 e. The lowest BCUT2D eigenvalue weighted by Crippen LogP contribution is -1.92. The Balaban J connectivity index is 2.45. The highest BCUT2D eigenvalue weighted by Crippen LogP contribution is 1.80. The van der Waals surface area contributed by atoms with E-state index in [2.05, 4.69) is 13.3 Å². The first-order chi connectivity index (χ1) is 3.41. The summed E-state index contributed by atoms with van der Waals surface area (Å²) >= 11 is 0. The fraction of sp³-hybridized carbons (Fsp3) is 0.833. The van der Waals surface area contributed by atoms with Gasteiger partial charge in [-0.25, -0.2) is 0 Å². The Labute approximate surface area is 45.7 Å². The molecule has 2 radical (unpaired) electrons. The van der Waals surface area contributed by atoms with Gasteiger partial charge in [-0.1, -0.05) is 13.8 Å². The summed E-state index contributed by atoms with van der Waals surface area (Å²) < 4.78 is 5.02. The molecule has 0 rings (SSSR count). The maximum absolute atomic E-state index is 5.02. The lowest BCUT2D eigenvalue weighted by Gasteiger charge is -1.94. The molecule has 0 aromatic rings. The van der Waals surface area contributed by atoms with E-state index >= 15 is 0 Å². The van der Waals surface area contributed by atoms with Crippen LogP contribution in [0.2, 0.25) is 0 Å². The molecule has 0 bridgehead atoms. The second-order valence-corrected chi connectivity index (χ2v) is 1.41. The van der Waals surface area contributed by atoms with Crippen LogP contribution < -0.4 is 0 Å². The molecule has 0 unspecified atom stereocenters. The Bertz CT molecular complexity index is 23.4. The van der Waals surface area contributed by atoms with E-state index in [9.17, 15) is 0 Å². The summed E-state index contributed by atoms with van der Waals surface area (Å²) in [6.07, 6.45) is 3.98. The predicted molar refractivity (Wildman–Crippen MR) is 30.0 cm³/mol. The molecule has 0 aliphatic rings. The summed E-state index contributed by atoms with van der Waals surface area (Å²) in [6.45, 7) is 5.50. The van der Waals surface area contributed by atoms with Gasteiger partial charge in [-0.2, -0.15) is 0 Å². The van der Waals surface area contributed by atoms with Gasteiger partial charge in [0.1, 0.15) is 0 Å². The average Bonchev–Trinajstić information content (AvgIpc) is 1.69. The van der Waals surface area contributed by atoms with Crippen molar-refractivity contribution in [3.8, 4) is 0 Å². The Morgan fingerprint density at radius 1 is 1.57 bits per heavy atom. The summed E-state index contributed by atoms with van der Waals surface area (Å²) in [5, 5.41) is 0. The Hall–Kier alpha value is -0.0400. The highest BCUT2D eigenvalue weighted by Gasteiger charge is 1.78. The molecule has 7 heavy (non-hydrogen) atoms. The van der Waals surface area contributed by atoms with E-state index in [4.69, 9.17) is 4.74 Å². The molecule has 0 aliphatic heterocycles. The van der Waals surface area contributed by atoms with Gasteiger partial charge in [0, 0.05) is 13.0 Å². The third-order valence-corrected chi connectivity index (χ3v) is 0.595. The Morgan fingerprint density at radius 3 is 2.71 bits per heavy atom. The lowest BCUT2D eigenvalue weighted by molar-refractivity contribution is 0.155. The highest BCUT2D eigenvalue weighted by molar-refractivity contribution is 4.50. The van der Waals surface area contributed by atoms with Crippen LogP contribution in [0.25, 0.3) is 0 Å². The maximum Gasteiger partial charge on any atom is 0.0532 e. The van der Waals surface area contributed by atoms with E-state index in [0.29, 0.717) is 6.61 Å². The number of ether oxygens (including phenoxy) is 1. The lowest BCUT2D eigenvalue weighted by atomic mass is 10.5. The van der Waals surface area contributed by atoms with E-state index in [0.717, 1.165) is 13.0 Å². The molecule has 0 saturated heterocycles. The van der Waals surface area contributed by atoms with Crippen molar-refractivity contribution in [2.24, 2.45) is 0 Å². The fourth-order valence-corrected chi connectivity index (χ4v) is 0.319. The predicted octanol–water partition coefficient (Wildman–Crippen LogP) is 1.51. The fourth-order valence-electron chi connectivity index (χ4n) is 0.319. The smallest absolute Gasteiger partial charge is 0.0532 e. The zero-order valence-electron chi connectivity index (χ0n) is 5.03. The second kappa shape index (κ2) is 5.96. The van der Waals surface area contributed by atoms with E-state index in [1.807, 2.05) is 6.92 Å². The molecule has 1 nitrogen and oxygen atoms in total. The first-order valence-corrected chi connectivity index (χ1v) is 2.64.